The third-order valence-corrected chi connectivity index (χ3v) is 4.06. The molecule has 0 saturated heterocycles. The minimum atomic E-state index is -0.550. The highest BCUT2D eigenvalue weighted by Gasteiger charge is 2.11. The Balaban J connectivity index is 1.91. The lowest BCUT2D eigenvalue weighted by atomic mass is 10.1. The Labute approximate surface area is 161 Å². The number of benzene rings is 2. The molecule has 2 rings (SSSR count). The zero-order valence-corrected chi connectivity index (χ0v) is 15.3. The minimum absolute atomic E-state index is 0.0536. The molecule has 0 aliphatic heterocycles. The molecular formula is C18H14Cl3N3O. The summed E-state index contributed by atoms with van der Waals surface area (Å²) in [5, 5.41) is 16.1. The minimum Gasteiger partial charge on any atom is -0.389 e. The van der Waals surface area contributed by atoms with E-state index in [1.54, 1.807) is 12.1 Å². The van der Waals surface area contributed by atoms with Crippen molar-refractivity contribution in [3.63, 3.8) is 0 Å². The predicted octanol–water partition coefficient (Wildman–Crippen LogP) is 4.83. The van der Waals surface area contributed by atoms with Crippen LogP contribution in [-0.2, 0) is 11.2 Å². The molecule has 4 nitrogen and oxygen atoms in total. The van der Waals surface area contributed by atoms with E-state index in [1.807, 2.05) is 30.3 Å². The number of halogens is 3. The van der Waals surface area contributed by atoms with E-state index < -0.39 is 5.91 Å². The first kappa shape index (κ1) is 19.1. The van der Waals surface area contributed by atoms with Gasteiger partial charge >= 0.3 is 0 Å². The highest BCUT2D eigenvalue weighted by molar-refractivity contribution is 6.36. The highest BCUT2D eigenvalue weighted by atomic mass is 35.5. The zero-order valence-electron chi connectivity index (χ0n) is 13.0. The summed E-state index contributed by atoms with van der Waals surface area (Å²) in [5.74, 6) is -0.550. The standard InChI is InChI=1S/C18H14Cl3N3O/c19-14-3-1-12(2-4-14)7-8-23-11-13(10-22)18(25)24-17-6-5-15(20)9-16(17)21/h1-6,9,11,23H,7-8H2,(H,24,25)/b13-11-. The van der Waals surface area contributed by atoms with E-state index >= 15 is 0 Å². The first-order valence-electron chi connectivity index (χ1n) is 7.34. The number of hydrogen-bond donors (Lipinski definition) is 2. The molecule has 0 radical (unpaired) electrons. The fourth-order valence-electron chi connectivity index (χ4n) is 1.97. The molecular weight excluding hydrogens is 381 g/mol. The molecule has 0 heterocycles. The molecule has 0 spiro atoms. The number of nitriles is 1. The second-order valence-electron chi connectivity index (χ2n) is 5.08. The fourth-order valence-corrected chi connectivity index (χ4v) is 2.55. The highest BCUT2D eigenvalue weighted by Crippen LogP contribution is 2.25. The molecule has 0 bridgehead atoms. The van der Waals surface area contributed by atoms with Crippen LogP contribution in [0.5, 0.6) is 0 Å². The number of rotatable bonds is 6. The number of anilines is 1. The van der Waals surface area contributed by atoms with E-state index in [0.29, 0.717) is 27.3 Å². The molecule has 128 valence electrons. The Morgan fingerprint density at radius 2 is 1.76 bits per heavy atom. The lowest BCUT2D eigenvalue weighted by Crippen LogP contribution is -2.18. The summed E-state index contributed by atoms with van der Waals surface area (Å²) in [7, 11) is 0. The van der Waals surface area contributed by atoms with Crippen LogP contribution in [0.2, 0.25) is 15.1 Å². The first-order valence-corrected chi connectivity index (χ1v) is 8.47. The summed E-state index contributed by atoms with van der Waals surface area (Å²) in [6.07, 6.45) is 2.12. The molecule has 0 aromatic heterocycles. The van der Waals surface area contributed by atoms with Crippen molar-refractivity contribution in [3.8, 4) is 6.07 Å². The molecule has 0 aliphatic carbocycles. The smallest absolute Gasteiger partial charge is 0.267 e. The van der Waals surface area contributed by atoms with Gasteiger partial charge in [0.25, 0.3) is 5.91 Å². The van der Waals surface area contributed by atoms with Gasteiger partial charge in [0, 0.05) is 22.8 Å². The van der Waals surface area contributed by atoms with Crippen molar-refractivity contribution in [2.75, 3.05) is 11.9 Å². The molecule has 1 amide bonds. The van der Waals surface area contributed by atoms with Crippen LogP contribution in [0.25, 0.3) is 0 Å². The van der Waals surface area contributed by atoms with Gasteiger partial charge in [-0.3, -0.25) is 4.79 Å². The molecule has 0 unspecified atom stereocenters. The van der Waals surface area contributed by atoms with Gasteiger partial charge < -0.3 is 10.6 Å². The normalized spacial score (nSPS) is 10.9. The molecule has 7 heteroatoms. The number of hydrogen-bond acceptors (Lipinski definition) is 3. The maximum atomic E-state index is 12.1. The van der Waals surface area contributed by atoms with Crippen LogP contribution >= 0.6 is 34.8 Å². The Morgan fingerprint density at radius 3 is 2.40 bits per heavy atom. The van der Waals surface area contributed by atoms with Crippen molar-refractivity contribution in [2.45, 2.75) is 6.42 Å². The zero-order chi connectivity index (χ0) is 18.2. The topological polar surface area (TPSA) is 64.9 Å². The Kier molecular flexibility index (Phi) is 7.15. The molecule has 25 heavy (non-hydrogen) atoms. The van der Waals surface area contributed by atoms with E-state index in [-0.39, 0.29) is 5.57 Å². The monoisotopic (exact) mass is 393 g/mol. The van der Waals surface area contributed by atoms with Crippen molar-refractivity contribution in [3.05, 3.63) is 74.9 Å². The van der Waals surface area contributed by atoms with Gasteiger partial charge in [-0.15, -0.1) is 0 Å². The van der Waals surface area contributed by atoms with Gasteiger partial charge in [-0.05, 0) is 42.3 Å². The van der Waals surface area contributed by atoms with Gasteiger partial charge in [0.05, 0.1) is 10.7 Å². The van der Waals surface area contributed by atoms with Crippen molar-refractivity contribution in [2.24, 2.45) is 0 Å². The van der Waals surface area contributed by atoms with Crippen LogP contribution < -0.4 is 10.6 Å². The molecule has 0 saturated carbocycles. The largest absolute Gasteiger partial charge is 0.389 e. The molecule has 2 aromatic rings. The molecule has 0 fully saturated rings. The predicted molar refractivity (Wildman–Crippen MR) is 102 cm³/mol. The van der Waals surface area contributed by atoms with Crippen LogP contribution in [0.3, 0.4) is 0 Å². The average Bonchev–Trinajstić information content (AvgIpc) is 2.59. The van der Waals surface area contributed by atoms with Crippen molar-refractivity contribution in [1.29, 1.82) is 5.26 Å². The van der Waals surface area contributed by atoms with E-state index in [0.717, 1.165) is 12.0 Å². The van der Waals surface area contributed by atoms with Gasteiger partial charge in [-0.25, -0.2) is 0 Å². The van der Waals surface area contributed by atoms with Crippen molar-refractivity contribution in [1.82, 2.24) is 5.32 Å². The van der Waals surface area contributed by atoms with Crippen LogP contribution in [0.1, 0.15) is 5.56 Å². The Bertz CT molecular complexity index is 826. The summed E-state index contributed by atoms with van der Waals surface area (Å²) >= 11 is 17.6. The van der Waals surface area contributed by atoms with Crippen LogP contribution in [-0.4, -0.2) is 12.5 Å². The maximum Gasteiger partial charge on any atom is 0.267 e. The summed E-state index contributed by atoms with van der Waals surface area (Å²) < 4.78 is 0. The summed E-state index contributed by atoms with van der Waals surface area (Å²) in [4.78, 5) is 12.1. The van der Waals surface area contributed by atoms with Crippen molar-refractivity contribution >= 4 is 46.4 Å². The Morgan fingerprint density at radius 1 is 1.08 bits per heavy atom. The van der Waals surface area contributed by atoms with Crippen LogP contribution in [0.4, 0.5) is 5.69 Å². The number of nitrogens with zero attached hydrogens (tertiary/aromatic N) is 1. The van der Waals surface area contributed by atoms with E-state index in [4.69, 9.17) is 40.1 Å². The summed E-state index contributed by atoms with van der Waals surface area (Å²) in [6.45, 7) is 0.571. The van der Waals surface area contributed by atoms with Gasteiger partial charge in [0.2, 0.25) is 0 Å². The van der Waals surface area contributed by atoms with Crippen LogP contribution in [0.15, 0.2) is 54.2 Å². The quantitative estimate of drug-likeness (QED) is 0.419. The van der Waals surface area contributed by atoms with Crippen molar-refractivity contribution < 1.29 is 4.79 Å². The lowest BCUT2D eigenvalue weighted by molar-refractivity contribution is -0.112. The van der Waals surface area contributed by atoms with E-state index in [1.165, 1.54) is 12.3 Å². The second kappa shape index (κ2) is 9.33. The second-order valence-corrected chi connectivity index (χ2v) is 6.36. The molecule has 2 aromatic carbocycles. The SMILES string of the molecule is N#C/C(=C/NCCc1ccc(Cl)cc1)C(=O)Nc1ccc(Cl)cc1Cl. The van der Waals surface area contributed by atoms with Gasteiger partial charge in [-0.2, -0.15) is 5.26 Å². The number of carbonyl (C=O) groups is 1. The van der Waals surface area contributed by atoms with Gasteiger partial charge in [0.15, 0.2) is 0 Å². The van der Waals surface area contributed by atoms with Crippen LogP contribution in [0, 0.1) is 11.3 Å². The van der Waals surface area contributed by atoms with E-state index in [2.05, 4.69) is 10.6 Å². The van der Waals surface area contributed by atoms with E-state index in [9.17, 15) is 4.79 Å². The van der Waals surface area contributed by atoms with Gasteiger partial charge in [0.1, 0.15) is 11.6 Å². The third-order valence-electron chi connectivity index (χ3n) is 3.26. The number of carbonyl (C=O) groups excluding carboxylic acids is 1. The number of nitrogens with one attached hydrogen (secondary N) is 2. The molecule has 0 atom stereocenters. The number of amides is 1. The molecule has 2 N–H and O–H groups in total. The van der Waals surface area contributed by atoms with Gasteiger partial charge in [-0.1, -0.05) is 46.9 Å². The third kappa shape index (κ3) is 5.99. The molecule has 0 aliphatic rings. The summed E-state index contributed by atoms with van der Waals surface area (Å²) in [6, 6.07) is 14.0. The average molecular weight is 395 g/mol. The Hall–Kier alpha value is -2.19. The maximum absolute atomic E-state index is 12.1. The fraction of sp³-hybridized carbons (Fsp3) is 0.111. The summed E-state index contributed by atoms with van der Waals surface area (Å²) in [5.41, 5.74) is 1.43. The first-order chi connectivity index (χ1) is 12.0. The lowest BCUT2D eigenvalue weighted by Gasteiger charge is -2.07.